The summed E-state index contributed by atoms with van der Waals surface area (Å²) in [7, 11) is 0. The Bertz CT molecular complexity index is 858. The van der Waals surface area contributed by atoms with E-state index in [1.165, 1.54) is 18.2 Å². The molecule has 0 aliphatic carbocycles. The maximum atomic E-state index is 13.0. The molecule has 1 aromatic carbocycles. The molecule has 0 saturated carbocycles. The van der Waals surface area contributed by atoms with E-state index in [0.29, 0.717) is 46.2 Å². The number of carbonyl (C=O) groups is 2. The van der Waals surface area contributed by atoms with Crippen LogP contribution in [0.3, 0.4) is 0 Å². The number of esters is 2. The fourth-order valence-corrected chi connectivity index (χ4v) is 4.33. The predicted molar refractivity (Wildman–Crippen MR) is 129 cm³/mol. The van der Waals surface area contributed by atoms with Crippen LogP contribution in [0.1, 0.15) is 72.6 Å². The molecule has 36 heavy (non-hydrogen) atoms. The maximum Gasteiger partial charge on any atom is 0.338 e. The molecule has 1 aromatic rings. The van der Waals surface area contributed by atoms with Gasteiger partial charge >= 0.3 is 11.9 Å². The molecule has 3 fully saturated rings. The smallest absolute Gasteiger partial charge is 0.338 e. The lowest BCUT2D eigenvalue weighted by atomic mass is 9.84. The Balaban J connectivity index is 1.49. The minimum Gasteiger partial charge on any atom is -0.461 e. The summed E-state index contributed by atoms with van der Waals surface area (Å²) < 4.78 is 32.8. The number of rotatable bonds is 13. The standard InChI is InChI=1S/C27H38O9/c1-4-25(10-31-11-25)16-34-22(28)19-7-20(23(29)35-17-26(5-2)12-32-13-26)9-21(8-19)24(30)36-18-27(6-3)14-33-15-27/h7-9,22,28H,4-6,10-18H2,1-3H3. The van der Waals surface area contributed by atoms with Crippen molar-refractivity contribution in [2.75, 3.05) is 59.5 Å². The lowest BCUT2D eigenvalue weighted by Gasteiger charge is -2.40. The number of carbonyl (C=O) groups excluding carboxylic acids is 2. The average molecular weight is 507 g/mol. The number of aliphatic hydroxyl groups excluding tert-OH is 1. The summed E-state index contributed by atoms with van der Waals surface area (Å²) in [5.41, 5.74) is 0.132. The molecule has 0 amide bonds. The van der Waals surface area contributed by atoms with Gasteiger partial charge in [-0.15, -0.1) is 0 Å². The molecular weight excluding hydrogens is 468 g/mol. The molecule has 4 rings (SSSR count). The van der Waals surface area contributed by atoms with Crippen LogP contribution in [-0.4, -0.2) is 76.5 Å². The second-order valence-corrected chi connectivity index (χ2v) is 10.7. The topological polar surface area (TPSA) is 110 Å². The molecule has 0 spiro atoms. The van der Waals surface area contributed by atoms with E-state index >= 15 is 0 Å². The van der Waals surface area contributed by atoms with Gasteiger partial charge in [0.2, 0.25) is 0 Å². The Morgan fingerprint density at radius 3 is 1.47 bits per heavy atom. The fraction of sp³-hybridized carbons (Fsp3) is 0.704. The second kappa shape index (κ2) is 11.1. The Hall–Kier alpha value is -2.04. The summed E-state index contributed by atoms with van der Waals surface area (Å²) in [6, 6.07) is 4.45. The Morgan fingerprint density at radius 2 is 1.14 bits per heavy atom. The van der Waals surface area contributed by atoms with E-state index in [4.69, 9.17) is 28.4 Å². The van der Waals surface area contributed by atoms with Crippen LogP contribution in [0.2, 0.25) is 0 Å². The highest BCUT2D eigenvalue weighted by Crippen LogP contribution is 2.35. The first-order valence-corrected chi connectivity index (χ1v) is 12.8. The van der Waals surface area contributed by atoms with Gasteiger partial charge in [-0.3, -0.25) is 0 Å². The van der Waals surface area contributed by atoms with Crippen molar-refractivity contribution in [2.45, 2.75) is 46.3 Å². The van der Waals surface area contributed by atoms with Crippen molar-refractivity contribution in [2.24, 2.45) is 16.2 Å². The van der Waals surface area contributed by atoms with Crippen molar-refractivity contribution in [3.8, 4) is 0 Å². The van der Waals surface area contributed by atoms with Gasteiger partial charge < -0.3 is 33.5 Å². The molecule has 0 bridgehead atoms. The summed E-state index contributed by atoms with van der Waals surface area (Å²) in [5, 5.41) is 10.8. The van der Waals surface area contributed by atoms with Gasteiger partial charge in [0.1, 0.15) is 13.2 Å². The number of hydrogen-bond acceptors (Lipinski definition) is 9. The molecule has 9 nitrogen and oxygen atoms in total. The normalized spacial score (nSPS) is 21.9. The third-order valence-electron chi connectivity index (χ3n) is 7.98. The van der Waals surface area contributed by atoms with E-state index < -0.39 is 18.2 Å². The summed E-state index contributed by atoms with van der Waals surface area (Å²) in [5.74, 6) is -1.15. The molecule has 3 aliphatic rings. The molecule has 1 unspecified atom stereocenters. The summed E-state index contributed by atoms with van der Waals surface area (Å²) in [6.45, 7) is 10.2. The van der Waals surface area contributed by atoms with Crippen molar-refractivity contribution >= 4 is 11.9 Å². The van der Waals surface area contributed by atoms with E-state index in [9.17, 15) is 14.7 Å². The van der Waals surface area contributed by atoms with Crippen molar-refractivity contribution in [1.29, 1.82) is 0 Å². The van der Waals surface area contributed by atoms with Crippen molar-refractivity contribution < 1.29 is 43.1 Å². The van der Waals surface area contributed by atoms with Crippen LogP contribution < -0.4 is 0 Å². The molecule has 3 aliphatic heterocycles. The van der Waals surface area contributed by atoms with Gasteiger partial charge in [-0.2, -0.15) is 0 Å². The van der Waals surface area contributed by atoms with Gasteiger partial charge in [0.25, 0.3) is 0 Å². The summed E-state index contributed by atoms with van der Waals surface area (Å²) in [4.78, 5) is 25.9. The Morgan fingerprint density at radius 1 is 0.750 bits per heavy atom. The van der Waals surface area contributed by atoms with Gasteiger partial charge in [-0.1, -0.05) is 20.8 Å². The van der Waals surface area contributed by atoms with E-state index in [1.54, 1.807) is 0 Å². The zero-order chi connectivity index (χ0) is 25.8. The van der Waals surface area contributed by atoms with E-state index in [1.807, 2.05) is 13.8 Å². The maximum absolute atomic E-state index is 13.0. The highest BCUT2D eigenvalue weighted by Gasteiger charge is 2.40. The third-order valence-corrected chi connectivity index (χ3v) is 7.98. The number of ether oxygens (including phenoxy) is 6. The zero-order valence-corrected chi connectivity index (χ0v) is 21.5. The van der Waals surface area contributed by atoms with E-state index in [0.717, 1.165) is 19.3 Å². The fourth-order valence-electron chi connectivity index (χ4n) is 4.33. The molecule has 1 N–H and O–H groups in total. The molecule has 0 radical (unpaired) electrons. The molecule has 3 saturated heterocycles. The number of hydrogen-bond donors (Lipinski definition) is 1. The quantitative estimate of drug-likeness (QED) is 0.318. The Labute approximate surface area is 212 Å². The molecule has 200 valence electrons. The van der Waals surface area contributed by atoms with Crippen LogP contribution >= 0.6 is 0 Å². The molecule has 3 heterocycles. The first-order valence-electron chi connectivity index (χ1n) is 12.8. The third kappa shape index (κ3) is 5.75. The van der Waals surface area contributed by atoms with Crippen molar-refractivity contribution in [1.82, 2.24) is 0 Å². The van der Waals surface area contributed by atoms with Crippen LogP contribution in [0, 0.1) is 16.2 Å². The lowest BCUT2D eigenvalue weighted by molar-refractivity contribution is -0.195. The molecule has 1 atom stereocenters. The van der Waals surface area contributed by atoms with Crippen LogP contribution in [-0.2, 0) is 28.4 Å². The molecule has 9 heteroatoms. The molecule has 0 aromatic heterocycles. The van der Waals surface area contributed by atoms with E-state index in [2.05, 4.69) is 6.92 Å². The number of aliphatic hydroxyl groups is 1. The SMILES string of the molecule is CCC1(COC(=O)c2cc(C(=O)OCC3(CC)COC3)cc(C(O)OCC3(CC)COC3)c2)COC1. The highest BCUT2D eigenvalue weighted by molar-refractivity contribution is 5.95. The first-order chi connectivity index (χ1) is 17.3. The van der Waals surface area contributed by atoms with Crippen molar-refractivity contribution in [3.63, 3.8) is 0 Å². The van der Waals surface area contributed by atoms with Gasteiger partial charge in [0.05, 0.1) is 68.2 Å². The Kier molecular flexibility index (Phi) is 8.36. The zero-order valence-electron chi connectivity index (χ0n) is 21.5. The van der Waals surface area contributed by atoms with Gasteiger partial charge in [-0.25, -0.2) is 9.59 Å². The van der Waals surface area contributed by atoms with E-state index in [-0.39, 0.29) is 46.1 Å². The van der Waals surface area contributed by atoms with Crippen LogP contribution in [0.4, 0.5) is 0 Å². The van der Waals surface area contributed by atoms with Gasteiger partial charge in [-0.05, 0) is 37.5 Å². The van der Waals surface area contributed by atoms with Crippen molar-refractivity contribution in [3.05, 3.63) is 34.9 Å². The minimum absolute atomic E-state index is 0.127. The highest BCUT2D eigenvalue weighted by atomic mass is 16.6. The largest absolute Gasteiger partial charge is 0.461 e. The summed E-state index contributed by atoms with van der Waals surface area (Å²) >= 11 is 0. The predicted octanol–water partition coefficient (Wildman–Crippen LogP) is 3.29. The average Bonchev–Trinajstić information content (AvgIpc) is 2.82. The number of benzene rings is 1. The molecular formula is C27H38O9. The summed E-state index contributed by atoms with van der Waals surface area (Å²) in [6.07, 6.45) is 1.19. The van der Waals surface area contributed by atoms with Gasteiger partial charge in [0, 0.05) is 11.0 Å². The van der Waals surface area contributed by atoms with Gasteiger partial charge in [0.15, 0.2) is 6.29 Å². The monoisotopic (exact) mass is 506 g/mol. The van der Waals surface area contributed by atoms with Crippen LogP contribution in [0.5, 0.6) is 0 Å². The minimum atomic E-state index is -1.32. The lowest BCUT2D eigenvalue weighted by Crippen LogP contribution is -2.46. The van der Waals surface area contributed by atoms with Crippen LogP contribution in [0.25, 0.3) is 0 Å². The van der Waals surface area contributed by atoms with Crippen LogP contribution in [0.15, 0.2) is 18.2 Å². The first kappa shape index (κ1) is 27.0. The second-order valence-electron chi connectivity index (χ2n) is 10.7.